The minimum absolute atomic E-state index is 0.398. The number of rotatable bonds is 8. The van der Waals surface area contributed by atoms with Crippen LogP contribution >= 0.6 is 0 Å². The molecule has 1 atom stereocenters. The second-order valence-electron chi connectivity index (χ2n) is 5.55. The molecule has 1 saturated heterocycles. The third kappa shape index (κ3) is 4.93. The molecule has 0 radical (unpaired) electrons. The maximum absolute atomic E-state index is 5.74. The number of ether oxygens (including phenoxy) is 1. The highest BCUT2D eigenvalue weighted by Crippen LogP contribution is 2.17. The summed E-state index contributed by atoms with van der Waals surface area (Å²) in [6.45, 7) is 10.1. The lowest BCUT2D eigenvalue weighted by Gasteiger charge is -2.31. The van der Waals surface area contributed by atoms with E-state index >= 15 is 0 Å². The van der Waals surface area contributed by atoms with Crippen molar-refractivity contribution in [3.63, 3.8) is 0 Å². The average Bonchev–Trinajstić information content (AvgIpc) is 2.87. The van der Waals surface area contributed by atoms with Gasteiger partial charge in [-0.25, -0.2) is 0 Å². The Balaban J connectivity index is 1.77. The highest BCUT2D eigenvalue weighted by molar-refractivity contribution is 5.12. The van der Waals surface area contributed by atoms with Gasteiger partial charge in [-0.15, -0.1) is 0 Å². The van der Waals surface area contributed by atoms with Gasteiger partial charge in [0.25, 0.3) is 0 Å². The van der Waals surface area contributed by atoms with E-state index in [4.69, 9.17) is 9.15 Å². The Morgan fingerprint density at radius 1 is 1.45 bits per heavy atom. The number of nitrogens with one attached hydrogen (secondary N) is 1. The van der Waals surface area contributed by atoms with Crippen LogP contribution in [-0.2, 0) is 17.8 Å². The molecule has 20 heavy (non-hydrogen) atoms. The van der Waals surface area contributed by atoms with Crippen molar-refractivity contribution in [2.75, 3.05) is 26.2 Å². The first-order valence-electron chi connectivity index (χ1n) is 7.92. The van der Waals surface area contributed by atoms with Crippen molar-refractivity contribution in [3.8, 4) is 0 Å². The molecular weight excluding hydrogens is 252 g/mol. The number of likely N-dealkylation sites (tertiary alicyclic amines) is 1. The van der Waals surface area contributed by atoms with Crippen LogP contribution in [0.4, 0.5) is 0 Å². The summed E-state index contributed by atoms with van der Waals surface area (Å²) in [5, 5.41) is 3.40. The maximum atomic E-state index is 5.74. The third-order valence-corrected chi connectivity index (χ3v) is 3.71. The lowest BCUT2D eigenvalue weighted by atomic mass is 10.1. The van der Waals surface area contributed by atoms with Gasteiger partial charge in [0, 0.05) is 25.3 Å². The Hall–Kier alpha value is -0.840. The van der Waals surface area contributed by atoms with Gasteiger partial charge in [-0.2, -0.15) is 0 Å². The molecule has 4 heteroatoms. The van der Waals surface area contributed by atoms with Crippen LogP contribution in [-0.4, -0.2) is 37.2 Å². The van der Waals surface area contributed by atoms with Crippen LogP contribution in [0.15, 0.2) is 16.7 Å². The SMILES string of the molecule is CCCNCc1coc(CN2CCCC(OCC)C2)c1. The molecule has 0 aliphatic carbocycles. The lowest BCUT2D eigenvalue weighted by molar-refractivity contribution is 0.00201. The summed E-state index contributed by atoms with van der Waals surface area (Å²) in [5.74, 6) is 1.07. The summed E-state index contributed by atoms with van der Waals surface area (Å²) < 4.78 is 11.4. The molecule has 0 bridgehead atoms. The van der Waals surface area contributed by atoms with E-state index in [9.17, 15) is 0 Å². The Labute approximate surface area is 122 Å². The van der Waals surface area contributed by atoms with Crippen LogP contribution in [0.25, 0.3) is 0 Å². The molecule has 0 aromatic carbocycles. The van der Waals surface area contributed by atoms with E-state index in [-0.39, 0.29) is 0 Å². The van der Waals surface area contributed by atoms with Crippen LogP contribution in [0.1, 0.15) is 44.4 Å². The first-order valence-corrected chi connectivity index (χ1v) is 7.92. The molecule has 1 aromatic heterocycles. The number of hydrogen-bond donors (Lipinski definition) is 1. The van der Waals surface area contributed by atoms with Gasteiger partial charge >= 0.3 is 0 Å². The standard InChI is InChI=1S/C16H28N2O2/c1-3-7-17-10-14-9-16(20-13-14)12-18-8-5-6-15(11-18)19-4-2/h9,13,15,17H,3-8,10-12H2,1-2H3. The van der Waals surface area contributed by atoms with E-state index in [2.05, 4.69) is 30.1 Å². The monoisotopic (exact) mass is 280 g/mol. The summed E-state index contributed by atoms with van der Waals surface area (Å²) in [7, 11) is 0. The van der Waals surface area contributed by atoms with Crippen LogP contribution in [0, 0.1) is 0 Å². The smallest absolute Gasteiger partial charge is 0.118 e. The number of furan rings is 1. The molecule has 0 saturated carbocycles. The van der Waals surface area contributed by atoms with Gasteiger partial charge in [-0.05, 0) is 45.3 Å². The van der Waals surface area contributed by atoms with Crippen molar-refractivity contribution in [1.29, 1.82) is 0 Å². The van der Waals surface area contributed by atoms with Gasteiger partial charge < -0.3 is 14.5 Å². The van der Waals surface area contributed by atoms with E-state index in [1.54, 1.807) is 0 Å². The summed E-state index contributed by atoms with van der Waals surface area (Å²) in [6.07, 6.45) is 5.85. The summed E-state index contributed by atoms with van der Waals surface area (Å²) >= 11 is 0. The predicted molar refractivity (Wildman–Crippen MR) is 80.6 cm³/mol. The van der Waals surface area contributed by atoms with Gasteiger partial charge in [-0.1, -0.05) is 6.92 Å². The first-order chi connectivity index (χ1) is 9.81. The van der Waals surface area contributed by atoms with E-state index in [1.807, 2.05) is 6.26 Å². The molecule has 2 heterocycles. The van der Waals surface area contributed by atoms with Crippen molar-refractivity contribution < 1.29 is 9.15 Å². The van der Waals surface area contributed by atoms with Crippen LogP contribution in [0.2, 0.25) is 0 Å². The van der Waals surface area contributed by atoms with E-state index < -0.39 is 0 Å². The molecule has 0 amide bonds. The Morgan fingerprint density at radius 3 is 3.15 bits per heavy atom. The molecule has 1 aromatic rings. The van der Waals surface area contributed by atoms with E-state index in [0.717, 1.165) is 51.5 Å². The molecular formula is C16H28N2O2. The minimum Gasteiger partial charge on any atom is -0.468 e. The molecule has 1 aliphatic rings. The fourth-order valence-electron chi connectivity index (χ4n) is 2.76. The quantitative estimate of drug-likeness (QED) is 0.743. The molecule has 1 unspecified atom stereocenters. The Kier molecular flexibility index (Phi) is 6.57. The van der Waals surface area contributed by atoms with Crippen LogP contribution in [0.3, 0.4) is 0 Å². The van der Waals surface area contributed by atoms with Gasteiger partial charge in [0.05, 0.1) is 18.9 Å². The van der Waals surface area contributed by atoms with Gasteiger partial charge in [0.1, 0.15) is 5.76 Å². The molecule has 1 aliphatic heterocycles. The highest BCUT2D eigenvalue weighted by Gasteiger charge is 2.20. The van der Waals surface area contributed by atoms with Crippen molar-refractivity contribution in [2.24, 2.45) is 0 Å². The lowest BCUT2D eigenvalue weighted by Crippen LogP contribution is -2.39. The van der Waals surface area contributed by atoms with E-state index in [0.29, 0.717) is 6.10 Å². The fourth-order valence-corrected chi connectivity index (χ4v) is 2.76. The average molecular weight is 280 g/mol. The van der Waals surface area contributed by atoms with Crippen molar-refractivity contribution in [1.82, 2.24) is 10.2 Å². The molecule has 0 spiro atoms. The second-order valence-corrected chi connectivity index (χ2v) is 5.55. The Bertz CT molecular complexity index is 376. The second kappa shape index (κ2) is 8.45. The number of nitrogens with zero attached hydrogens (tertiary/aromatic N) is 1. The molecule has 1 N–H and O–H groups in total. The largest absolute Gasteiger partial charge is 0.468 e. The normalized spacial score (nSPS) is 20.4. The van der Waals surface area contributed by atoms with Gasteiger partial charge in [0.15, 0.2) is 0 Å². The maximum Gasteiger partial charge on any atom is 0.118 e. The molecule has 2 rings (SSSR count). The van der Waals surface area contributed by atoms with Crippen molar-refractivity contribution in [3.05, 3.63) is 23.7 Å². The summed E-state index contributed by atoms with van der Waals surface area (Å²) in [6, 6.07) is 2.17. The molecule has 4 nitrogen and oxygen atoms in total. The zero-order chi connectivity index (χ0) is 14.2. The van der Waals surface area contributed by atoms with Crippen LogP contribution < -0.4 is 5.32 Å². The number of hydrogen-bond acceptors (Lipinski definition) is 4. The number of piperidine rings is 1. The van der Waals surface area contributed by atoms with Gasteiger partial charge in [0.2, 0.25) is 0 Å². The minimum atomic E-state index is 0.398. The Morgan fingerprint density at radius 2 is 2.35 bits per heavy atom. The zero-order valence-electron chi connectivity index (χ0n) is 12.9. The predicted octanol–water partition coefficient (Wildman–Crippen LogP) is 2.78. The summed E-state index contributed by atoms with van der Waals surface area (Å²) in [5.41, 5.74) is 1.24. The summed E-state index contributed by atoms with van der Waals surface area (Å²) in [4.78, 5) is 2.44. The zero-order valence-corrected chi connectivity index (χ0v) is 12.9. The van der Waals surface area contributed by atoms with Crippen molar-refractivity contribution >= 4 is 0 Å². The van der Waals surface area contributed by atoms with Crippen molar-refractivity contribution in [2.45, 2.75) is 52.3 Å². The molecule has 1 fully saturated rings. The molecule has 114 valence electrons. The fraction of sp³-hybridized carbons (Fsp3) is 0.750. The van der Waals surface area contributed by atoms with Crippen LogP contribution in [0.5, 0.6) is 0 Å². The third-order valence-electron chi connectivity index (χ3n) is 3.71. The highest BCUT2D eigenvalue weighted by atomic mass is 16.5. The van der Waals surface area contributed by atoms with E-state index in [1.165, 1.54) is 18.4 Å². The van der Waals surface area contributed by atoms with Gasteiger partial charge in [-0.3, -0.25) is 4.90 Å². The first kappa shape index (κ1) is 15.5. The topological polar surface area (TPSA) is 37.6 Å².